The van der Waals surface area contributed by atoms with Crippen LogP contribution in [0.1, 0.15) is 11.1 Å². The molecule has 2 aromatic rings. The lowest BCUT2D eigenvalue weighted by Crippen LogP contribution is -1.85. The summed E-state index contributed by atoms with van der Waals surface area (Å²) in [5.74, 6) is 1.59. The van der Waals surface area contributed by atoms with Crippen molar-refractivity contribution in [2.24, 2.45) is 0 Å². The van der Waals surface area contributed by atoms with E-state index in [4.69, 9.17) is 4.74 Å². The van der Waals surface area contributed by atoms with Gasteiger partial charge >= 0.3 is 0 Å². The summed E-state index contributed by atoms with van der Waals surface area (Å²) in [7, 11) is 0. The third-order valence-electron chi connectivity index (χ3n) is 2.44. The lowest BCUT2D eigenvalue weighted by molar-refractivity contribution is 0.482. The van der Waals surface area contributed by atoms with Gasteiger partial charge in [0.25, 0.3) is 0 Å². The van der Waals surface area contributed by atoms with E-state index in [0.29, 0.717) is 5.56 Å². The molecule has 0 saturated heterocycles. The zero-order chi connectivity index (χ0) is 12.3. The molecule has 0 aliphatic rings. The average molecular weight is 226 g/mol. The van der Waals surface area contributed by atoms with Gasteiger partial charge in [-0.15, -0.1) is 0 Å². The Morgan fingerprint density at radius 3 is 1.88 bits per heavy atom. The molecule has 17 heavy (non-hydrogen) atoms. The van der Waals surface area contributed by atoms with Gasteiger partial charge in [-0.05, 0) is 43.3 Å². The first-order chi connectivity index (χ1) is 8.15. The second-order valence-electron chi connectivity index (χ2n) is 3.89. The van der Waals surface area contributed by atoms with Crippen LogP contribution in [0, 0.1) is 6.92 Å². The minimum Gasteiger partial charge on any atom is -0.508 e. The molecule has 0 aliphatic carbocycles. The fourth-order valence-electron chi connectivity index (χ4n) is 1.46. The Hall–Kier alpha value is -2.22. The summed E-state index contributed by atoms with van der Waals surface area (Å²) < 4.78 is 5.66. The summed E-state index contributed by atoms with van der Waals surface area (Å²) in [6.07, 6.45) is 0. The third kappa shape index (κ3) is 2.88. The predicted molar refractivity (Wildman–Crippen MR) is 69.4 cm³/mol. The molecule has 0 atom stereocenters. The number of hydrogen-bond donors (Lipinski definition) is 1. The van der Waals surface area contributed by atoms with Gasteiger partial charge in [0.15, 0.2) is 0 Å². The Morgan fingerprint density at radius 1 is 0.941 bits per heavy atom. The lowest BCUT2D eigenvalue weighted by Gasteiger charge is -2.06. The van der Waals surface area contributed by atoms with Crippen molar-refractivity contribution >= 4 is 5.76 Å². The number of rotatable bonds is 3. The maximum Gasteiger partial charge on any atom is 0.127 e. The van der Waals surface area contributed by atoms with E-state index in [-0.39, 0.29) is 5.76 Å². The van der Waals surface area contributed by atoms with E-state index in [0.717, 1.165) is 11.5 Å². The van der Waals surface area contributed by atoms with Crippen molar-refractivity contribution in [1.82, 2.24) is 0 Å². The van der Waals surface area contributed by atoms with E-state index in [9.17, 15) is 5.11 Å². The maximum atomic E-state index is 9.20. The highest BCUT2D eigenvalue weighted by Gasteiger charge is 1.99. The molecule has 0 unspecified atom stereocenters. The Labute approximate surface area is 101 Å². The van der Waals surface area contributed by atoms with Crippen molar-refractivity contribution in [3.63, 3.8) is 0 Å². The van der Waals surface area contributed by atoms with Crippen LogP contribution >= 0.6 is 0 Å². The van der Waals surface area contributed by atoms with Crippen molar-refractivity contribution in [2.75, 3.05) is 0 Å². The van der Waals surface area contributed by atoms with Gasteiger partial charge in [0.1, 0.15) is 17.3 Å². The van der Waals surface area contributed by atoms with Crippen molar-refractivity contribution in [3.05, 3.63) is 66.2 Å². The molecule has 86 valence electrons. The Balaban J connectivity index is 2.13. The molecule has 2 aromatic carbocycles. The predicted octanol–water partition coefficient (Wildman–Crippen LogP) is 4.32. The minimum absolute atomic E-state index is 0.0619. The highest BCUT2D eigenvalue weighted by molar-refractivity contribution is 5.56. The summed E-state index contributed by atoms with van der Waals surface area (Å²) in [5.41, 5.74) is 1.89. The van der Waals surface area contributed by atoms with Crippen LogP contribution in [-0.4, -0.2) is 5.11 Å². The third-order valence-corrected chi connectivity index (χ3v) is 2.44. The van der Waals surface area contributed by atoms with Crippen LogP contribution in [0.5, 0.6) is 11.5 Å². The molecule has 0 fully saturated rings. The van der Waals surface area contributed by atoms with Crippen molar-refractivity contribution < 1.29 is 9.84 Å². The number of aryl methyl sites for hydroxylation is 1. The van der Waals surface area contributed by atoms with E-state index in [2.05, 4.69) is 6.58 Å². The Kier molecular flexibility index (Phi) is 3.15. The van der Waals surface area contributed by atoms with Crippen LogP contribution < -0.4 is 4.74 Å². The summed E-state index contributed by atoms with van der Waals surface area (Å²) in [6, 6.07) is 15.0. The van der Waals surface area contributed by atoms with Gasteiger partial charge in [0.2, 0.25) is 0 Å². The van der Waals surface area contributed by atoms with E-state index in [1.165, 1.54) is 5.56 Å². The molecule has 0 radical (unpaired) electrons. The van der Waals surface area contributed by atoms with Crippen LogP contribution in [-0.2, 0) is 0 Å². The Morgan fingerprint density at radius 2 is 1.41 bits per heavy atom. The zero-order valence-corrected chi connectivity index (χ0v) is 9.68. The number of aliphatic hydroxyl groups is 1. The first-order valence-electron chi connectivity index (χ1n) is 5.38. The molecule has 1 N–H and O–H groups in total. The van der Waals surface area contributed by atoms with Gasteiger partial charge in [-0.3, -0.25) is 0 Å². The second kappa shape index (κ2) is 4.74. The SMILES string of the molecule is C=C(O)c1ccc(Oc2ccc(C)cc2)cc1. The van der Waals surface area contributed by atoms with Gasteiger partial charge in [-0.2, -0.15) is 0 Å². The molecular weight excluding hydrogens is 212 g/mol. The van der Waals surface area contributed by atoms with Gasteiger partial charge in [0, 0.05) is 5.56 Å². The molecule has 2 heteroatoms. The first-order valence-corrected chi connectivity index (χ1v) is 5.38. The van der Waals surface area contributed by atoms with Crippen LogP contribution in [0.3, 0.4) is 0 Å². The van der Waals surface area contributed by atoms with E-state index < -0.39 is 0 Å². The second-order valence-corrected chi connectivity index (χ2v) is 3.89. The summed E-state index contributed by atoms with van der Waals surface area (Å²) in [4.78, 5) is 0. The molecule has 0 saturated carbocycles. The molecule has 0 heterocycles. The number of aliphatic hydroxyl groups excluding tert-OH is 1. The van der Waals surface area contributed by atoms with Crippen LogP contribution in [0.4, 0.5) is 0 Å². The lowest BCUT2D eigenvalue weighted by atomic mass is 10.2. The zero-order valence-electron chi connectivity index (χ0n) is 9.68. The van der Waals surface area contributed by atoms with Crippen molar-refractivity contribution in [3.8, 4) is 11.5 Å². The number of benzene rings is 2. The van der Waals surface area contributed by atoms with Crippen LogP contribution in [0.25, 0.3) is 5.76 Å². The van der Waals surface area contributed by atoms with Crippen LogP contribution in [0.2, 0.25) is 0 Å². The molecule has 0 aromatic heterocycles. The highest BCUT2D eigenvalue weighted by atomic mass is 16.5. The fourth-order valence-corrected chi connectivity index (χ4v) is 1.46. The summed E-state index contributed by atoms with van der Waals surface area (Å²) in [6.45, 7) is 5.50. The van der Waals surface area contributed by atoms with Crippen LogP contribution in [0.15, 0.2) is 55.1 Å². The molecule has 0 amide bonds. The minimum atomic E-state index is 0.0619. The molecular formula is C15H14O2. The normalized spacial score (nSPS) is 9.94. The molecule has 0 aliphatic heterocycles. The van der Waals surface area contributed by atoms with Gasteiger partial charge in [-0.25, -0.2) is 0 Å². The summed E-state index contributed by atoms with van der Waals surface area (Å²) >= 11 is 0. The van der Waals surface area contributed by atoms with Crippen molar-refractivity contribution in [1.29, 1.82) is 0 Å². The van der Waals surface area contributed by atoms with Crippen molar-refractivity contribution in [2.45, 2.75) is 6.92 Å². The fraction of sp³-hybridized carbons (Fsp3) is 0.0667. The molecule has 0 bridgehead atoms. The molecule has 2 rings (SSSR count). The van der Waals surface area contributed by atoms with E-state index >= 15 is 0 Å². The largest absolute Gasteiger partial charge is 0.508 e. The highest BCUT2D eigenvalue weighted by Crippen LogP contribution is 2.23. The molecule has 0 spiro atoms. The standard InChI is InChI=1S/C15H14O2/c1-11-3-7-14(8-4-11)17-15-9-5-13(6-10-15)12(2)16/h3-10,16H,2H2,1H3. The molecule has 2 nitrogen and oxygen atoms in total. The number of ether oxygens (including phenoxy) is 1. The number of hydrogen-bond acceptors (Lipinski definition) is 2. The first kappa shape index (κ1) is 11.3. The smallest absolute Gasteiger partial charge is 0.127 e. The maximum absolute atomic E-state index is 9.20. The van der Waals surface area contributed by atoms with Gasteiger partial charge in [-0.1, -0.05) is 24.3 Å². The topological polar surface area (TPSA) is 29.5 Å². The quantitative estimate of drug-likeness (QED) is 0.790. The Bertz CT molecular complexity index is 510. The summed E-state index contributed by atoms with van der Waals surface area (Å²) in [5, 5.41) is 9.20. The average Bonchev–Trinajstić information content (AvgIpc) is 2.33. The monoisotopic (exact) mass is 226 g/mol. The van der Waals surface area contributed by atoms with Gasteiger partial charge < -0.3 is 9.84 Å². The van der Waals surface area contributed by atoms with Gasteiger partial charge in [0.05, 0.1) is 0 Å². The van der Waals surface area contributed by atoms with E-state index in [1.807, 2.05) is 31.2 Å². The van der Waals surface area contributed by atoms with E-state index in [1.54, 1.807) is 24.3 Å².